The summed E-state index contributed by atoms with van der Waals surface area (Å²) in [5.74, 6) is 0.209. The van der Waals surface area contributed by atoms with E-state index in [1.807, 2.05) is 0 Å². The Hall–Kier alpha value is 0.554. The second-order valence-electron chi connectivity index (χ2n) is 9.25. The maximum atomic E-state index is 11.8. The molecule has 0 heterocycles. The summed E-state index contributed by atoms with van der Waals surface area (Å²) in [6, 6.07) is 1.13. The summed E-state index contributed by atoms with van der Waals surface area (Å²) in [5.41, 5.74) is 0. The zero-order valence-electron chi connectivity index (χ0n) is 17.3. The van der Waals surface area contributed by atoms with Crippen molar-refractivity contribution in [3.8, 4) is 0 Å². The summed E-state index contributed by atoms with van der Waals surface area (Å²) >= 11 is 0. The van der Waals surface area contributed by atoms with E-state index in [2.05, 4.69) is 59.2 Å². The van der Waals surface area contributed by atoms with E-state index in [0.717, 1.165) is 36.3 Å². The van der Waals surface area contributed by atoms with Gasteiger partial charge in [-0.25, -0.2) is 0 Å². The Morgan fingerprint density at radius 2 is 1.54 bits per heavy atom. The molecule has 146 valence electrons. The van der Waals surface area contributed by atoms with Gasteiger partial charge in [0, 0.05) is 13.0 Å². The van der Waals surface area contributed by atoms with Gasteiger partial charge in [0.2, 0.25) is 5.91 Å². The first-order valence-corrected chi connectivity index (χ1v) is 15.6. The van der Waals surface area contributed by atoms with Crippen molar-refractivity contribution in [1.29, 1.82) is 0 Å². The molecule has 0 aliphatic carbocycles. The Labute approximate surface area is 170 Å². The minimum atomic E-state index is -1.56. The fourth-order valence-electron chi connectivity index (χ4n) is 2.76. The van der Waals surface area contributed by atoms with Crippen LogP contribution in [0.4, 0.5) is 0 Å². The van der Waals surface area contributed by atoms with E-state index in [1.165, 1.54) is 13.0 Å². The topological polar surface area (TPSA) is 38.3 Å². The van der Waals surface area contributed by atoms with Crippen molar-refractivity contribution in [1.82, 2.24) is 5.32 Å². The number of halogens is 1. The molecular formula is C17H41IN2O2Si2. The summed E-state index contributed by atoms with van der Waals surface area (Å²) in [4.78, 5) is 11.8. The normalized spacial score (nSPS) is 12.7. The lowest BCUT2D eigenvalue weighted by Gasteiger charge is -2.31. The van der Waals surface area contributed by atoms with Crippen molar-refractivity contribution >= 4 is 22.5 Å². The number of hydrogen-bond acceptors (Lipinski definition) is 2. The Morgan fingerprint density at radius 3 is 2.04 bits per heavy atom. The second-order valence-corrected chi connectivity index (χ2v) is 18.3. The van der Waals surface area contributed by atoms with Crippen molar-refractivity contribution in [2.75, 3.05) is 34.2 Å². The van der Waals surface area contributed by atoms with Crippen LogP contribution in [-0.4, -0.2) is 61.3 Å². The van der Waals surface area contributed by atoms with Gasteiger partial charge in [-0.1, -0.05) is 0 Å². The van der Waals surface area contributed by atoms with Crippen molar-refractivity contribution in [3.05, 3.63) is 0 Å². The van der Waals surface area contributed by atoms with Crippen LogP contribution in [0.3, 0.4) is 0 Å². The number of hydrogen-bond donors (Lipinski definition) is 1. The SMILES string of the molecule is C[N+](C)(C)CCCCCC(=O)NCCC[Si](C)(C)O[Si](C)(C)C.[I-]. The molecule has 0 rings (SSSR count). The smallest absolute Gasteiger partial charge is 0.219 e. The first kappa shape index (κ1) is 26.8. The largest absolute Gasteiger partial charge is 1.00 e. The van der Waals surface area contributed by atoms with E-state index >= 15 is 0 Å². The van der Waals surface area contributed by atoms with Gasteiger partial charge in [0.05, 0.1) is 27.7 Å². The highest BCUT2D eigenvalue weighted by Crippen LogP contribution is 2.19. The minimum absolute atomic E-state index is 0. The quantitative estimate of drug-likeness (QED) is 0.191. The third kappa shape index (κ3) is 18.9. The van der Waals surface area contributed by atoms with E-state index < -0.39 is 16.6 Å². The number of nitrogens with one attached hydrogen (secondary N) is 1. The molecule has 0 atom stereocenters. The highest BCUT2D eigenvalue weighted by atomic mass is 127. The fourth-order valence-corrected chi connectivity index (χ4v) is 10.8. The lowest BCUT2D eigenvalue weighted by atomic mass is 10.2. The molecule has 7 heteroatoms. The molecule has 1 N–H and O–H groups in total. The minimum Gasteiger partial charge on any atom is -1.00 e. The Balaban J connectivity index is 0. The van der Waals surface area contributed by atoms with Gasteiger partial charge in [-0.15, -0.1) is 0 Å². The highest BCUT2D eigenvalue weighted by Gasteiger charge is 2.28. The van der Waals surface area contributed by atoms with Crippen LogP contribution >= 0.6 is 0 Å². The molecule has 0 fully saturated rings. The molecule has 0 bridgehead atoms. The highest BCUT2D eigenvalue weighted by molar-refractivity contribution is 6.84. The predicted molar refractivity (Wildman–Crippen MR) is 106 cm³/mol. The molecule has 0 aliphatic rings. The van der Waals surface area contributed by atoms with Gasteiger partial charge in [0.1, 0.15) is 0 Å². The summed E-state index contributed by atoms with van der Waals surface area (Å²) < 4.78 is 7.32. The van der Waals surface area contributed by atoms with Crippen LogP contribution in [0, 0.1) is 0 Å². The molecule has 0 saturated heterocycles. The fraction of sp³-hybridized carbons (Fsp3) is 0.941. The number of unbranched alkanes of at least 4 members (excludes halogenated alkanes) is 2. The molecule has 4 nitrogen and oxygen atoms in total. The van der Waals surface area contributed by atoms with E-state index in [-0.39, 0.29) is 29.9 Å². The summed E-state index contributed by atoms with van der Waals surface area (Å²) in [5, 5.41) is 3.06. The molecule has 0 aromatic heterocycles. The van der Waals surface area contributed by atoms with Crippen molar-refractivity contribution in [3.63, 3.8) is 0 Å². The molecule has 0 aliphatic heterocycles. The Morgan fingerprint density at radius 1 is 0.958 bits per heavy atom. The first-order valence-electron chi connectivity index (χ1n) is 9.08. The molecule has 24 heavy (non-hydrogen) atoms. The molecule has 0 radical (unpaired) electrons. The number of carbonyl (C=O) groups is 1. The average Bonchev–Trinajstić information content (AvgIpc) is 2.30. The lowest BCUT2D eigenvalue weighted by Crippen LogP contribution is -3.00. The van der Waals surface area contributed by atoms with Crippen LogP contribution in [-0.2, 0) is 8.91 Å². The standard InChI is InChI=1S/C17H40N2O2Si2.HI/c1-19(2,3)15-11-9-10-13-17(20)18-14-12-16-23(7,8)21-22(4,5)6;/h9-16H2,1-8H3;1H. The third-order valence-electron chi connectivity index (χ3n) is 3.59. The maximum absolute atomic E-state index is 11.8. The van der Waals surface area contributed by atoms with Crippen LogP contribution in [0.1, 0.15) is 32.1 Å². The predicted octanol–water partition coefficient (Wildman–Crippen LogP) is 0.820. The van der Waals surface area contributed by atoms with Crippen molar-refractivity contribution < 1.29 is 37.4 Å². The van der Waals surface area contributed by atoms with Gasteiger partial charge in [-0.2, -0.15) is 0 Å². The summed E-state index contributed by atoms with van der Waals surface area (Å²) in [6.45, 7) is 13.3. The van der Waals surface area contributed by atoms with Crippen LogP contribution in [0.15, 0.2) is 0 Å². The maximum Gasteiger partial charge on any atom is 0.219 e. The zero-order valence-corrected chi connectivity index (χ0v) is 21.5. The van der Waals surface area contributed by atoms with E-state index in [9.17, 15) is 4.79 Å². The first-order chi connectivity index (χ1) is 10.3. The monoisotopic (exact) mass is 488 g/mol. The molecule has 0 aromatic rings. The Kier molecular flexibility index (Phi) is 13.4. The van der Waals surface area contributed by atoms with E-state index in [1.54, 1.807) is 0 Å². The lowest BCUT2D eigenvalue weighted by molar-refractivity contribution is -0.870. The number of nitrogens with zero attached hydrogens (tertiary/aromatic N) is 1. The number of rotatable bonds is 12. The van der Waals surface area contributed by atoms with Gasteiger partial charge in [-0.05, 0) is 64.5 Å². The zero-order chi connectivity index (χ0) is 18.1. The molecule has 0 aromatic carbocycles. The molecule has 0 saturated carbocycles. The van der Waals surface area contributed by atoms with E-state index in [4.69, 9.17) is 4.12 Å². The van der Waals surface area contributed by atoms with E-state index in [0.29, 0.717) is 6.42 Å². The molecule has 0 spiro atoms. The summed E-state index contributed by atoms with van der Waals surface area (Å²) in [7, 11) is 3.64. The average molecular weight is 489 g/mol. The number of carbonyl (C=O) groups excluding carboxylic acids is 1. The van der Waals surface area contributed by atoms with Gasteiger partial charge < -0.3 is 37.9 Å². The molecule has 1 amide bonds. The van der Waals surface area contributed by atoms with Crippen LogP contribution in [0.5, 0.6) is 0 Å². The van der Waals surface area contributed by atoms with Crippen molar-refractivity contribution in [2.24, 2.45) is 0 Å². The van der Waals surface area contributed by atoms with Gasteiger partial charge in [0.25, 0.3) is 0 Å². The Bertz CT molecular complexity index is 353. The summed E-state index contributed by atoms with van der Waals surface area (Å²) in [6.07, 6.45) is 5.06. The third-order valence-corrected chi connectivity index (χ3v) is 9.81. The van der Waals surface area contributed by atoms with Crippen molar-refractivity contribution in [2.45, 2.75) is 70.9 Å². The number of quaternary nitrogens is 1. The van der Waals surface area contributed by atoms with Gasteiger partial charge in [-0.3, -0.25) is 4.79 Å². The second kappa shape index (κ2) is 12.0. The molecule has 0 unspecified atom stereocenters. The van der Waals surface area contributed by atoms with Crippen LogP contribution in [0.2, 0.25) is 38.8 Å². The van der Waals surface area contributed by atoms with Crippen LogP contribution < -0.4 is 29.3 Å². The van der Waals surface area contributed by atoms with Gasteiger partial charge in [0.15, 0.2) is 16.6 Å². The van der Waals surface area contributed by atoms with Crippen LogP contribution in [0.25, 0.3) is 0 Å². The number of amides is 1. The molecular weight excluding hydrogens is 447 g/mol. The van der Waals surface area contributed by atoms with Gasteiger partial charge >= 0.3 is 0 Å².